The van der Waals surface area contributed by atoms with Gasteiger partial charge in [0.25, 0.3) is 0 Å². The fraction of sp³-hybridized carbons (Fsp3) is 0.500. The molecule has 2 N–H and O–H groups in total. The summed E-state index contributed by atoms with van der Waals surface area (Å²) in [5, 5.41) is 8.16. The van der Waals surface area contributed by atoms with Gasteiger partial charge in [0, 0.05) is 23.9 Å². The largest absolute Gasteiger partial charge is 0.377 e. The van der Waals surface area contributed by atoms with E-state index in [2.05, 4.69) is 49.3 Å². The molecule has 0 aliphatic carbocycles. The average molecular weight is 289 g/mol. The molecule has 0 spiro atoms. The first kappa shape index (κ1) is 15.5. The first-order valence-corrected chi connectivity index (χ1v) is 7.53. The fourth-order valence-electron chi connectivity index (χ4n) is 2.24. The van der Waals surface area contributed by atoms with Gasteiger partial charge in [-0.2, -0.15) is 4.59 Å². The average Bonchev–Trinajstić information content (AvgIpc) is 2.85. The van der Waals surface area contributed by atoms with E-state index in [1.165, 1.54) is 0 Å². The SMILES string of the molecule is CC[N+]1(Cc2ccc(=O)[nH]c2)C=C(N[C@@H](C)C(C)C)C=N1. The van der Waals surface area contributed by atoms with Gasteiger partial charge in [0.15, 0.2) is 0 Å². The maximum Gasteiger partial charge on any atom is 0.247 e. The molecule has 0 saturated heterocycles. The van der Waals surface area contributed by atoms with E-state index < -0.39 is 0 Å². The minimum atomic E-state index is -0.0737. The van der Waals surface area contributed by atoms with Crippen molar-refractivity contribution in [2.45, 2.75) is 40.3 Å². The lowest BCUT2D eigenvalue weighted by Crippen LogP contribution is -2.35. The van der Waals surface area contributed by atoms with Crippen molar-refractivity contribution in [2.24, 2.45) is 11.0 Å². The molecule has 2 rings (SSSR count). The van der Waals surface area contributed by atoms with Crippen LogP contribution in [0.3, 0.4) is 0 Å². The normalized spacial score (nSPS) is 22.4. The molecule has 1 aliphatic heterocycles. The van der Waals surface area contributed by atoms with Gasteiger partial charge in [0.2, 0.25) is 5.56 Å². The van der Waals surface area contributed by atoms with Crippen molar-refractivity contribution < 1.29 is 4.59 Å². The Labute approximate surface area is 126 Å². The highest BCUT2D eigenvalue weighted by Crippen LogP contribution is 2.21. The third-order valence-corrected chi connectivity index (χ3v) is 4.05. The number of pyridine rings is 1. The molecule has 0 aromatic carbocycles. The van der Waals surface area contributed by atoms with Gasteiger partial charge < -0.3 is 10.3 Å². The zero-order valence-corrected chi connectivity index (χ0v) is 13.3. The molecule has 1 unspecified atom stereocenters. The van der Waals surface area contributed by atoms with Crippen LogP contribution in [0.25, 0.3) is 0 Å². The number of nitrogens with zero attached hydrogens (tertiary/aromatic N) is 2. The Morgan fingerprint density at radius 2 is 2.10 bits per heavy atom. The van der Waals surface area contributed by atoms with Crippen LogP contribution >= 0.6 is 0 Å². The predicted molar refractivity (Wildman–Crippen MR) is 85.6 cm³/mol. The summed E-state index contributed by atoms with van der Waals surface area (Å²) in [4.78, 5) is 13.9. The van der Waals surface area contributed by atoms with Gasteiger partial charge in [-0.1, -0.05) is 18.9 Å². The van der Waals surface area contributed by atoms with Crippen LogP contribution in [0, 0.1) is 5.92 Å². The van der Waals surface area contributed by atoms with Gasteiger partial charge in [-0.15, -0.1) is 0 Å². The molecule has 114 valence electrons. The number of H-pyrrole nitrogens is 1. The standard InChI is InChI=1S/C16H24N4O/c1-5-20(10-14-6-7-16(21)17-8-14)11-15(9-18-20)19-13(4)12(2)3/h6-9,11-13,19H,5,10H2,1-4H3/p+1/t13-,20?/m0/s1. The molecule has 0 radical (unpaired) electrons. The Balaban J connectivity index is 2.12. The Bertz CT molecular complexity index is 582. The molecule has 5 heteroatoms. The van der Waals surface area contributed by atoms with Crippen LogP contribution in [-0.4, -0.2) is 28.4 Å². The number of quaternary nitrogens is 1. The first-order chi connectivity index (χ1) is 9.94. The number of aromatic nitrogens is 1. The van der Waals surface area contributed by atoms with E-state index in [0.717, 1.165) is 24.4 Å². The van der Waals surface area contributed by atoms with Crippen molar-refractivity contribution >= 4 is 6.21 Å². The lowest BCUT2D eigenvalue weighted by molar-refractivity contribution is -0.895. The van der Waals surface area contributed by atoms with E-state index in [9.17, 15) is 4.79 Å². The van der Waals surface area contributed by atoms with E-state index in [4.69, 9.17) is 0 Å². The molecular weight excluding hydrogens is 264 g/mol. The van der Waals surface area contributed by atoms with Gasteiger partial charge in [0.1, 0.15) is 31.2 Å². The minimum Gasteiger partial charge on any atom is -0.377 e. The van der Waals surface area contributed by atoms with E-state index in [1.54, 1.807) is 12.3 Å². The molecule has 1 aromatic rings. The second-order valence-electron chi connectivity index (χ2n) is 6.03. The van der Waals surface area contributed by atoms with Crippen molar-refractivity contribution in [1.29, 1.82) is 0 Å². The highest BCUT2D eigenvalue weighted by molar-refractivity contribution is 5.78. The Morgan fingerprint density at radius 3 is 2.67 bits per heavy atom. The number of hydrogen-bond acceptors (Lipinski definition) is 3. The summed E-state index contributed by atoms with van der Waals surface area (Å²) in [6, 6.07) is 3.83. The van der Waals surface area contributed by atoms with Gasteiger partial charge >= 0.3 is 0 Å². The molecule has 2 heterocycles. The van der Waals surface area contributed by atoms with Crippen LogP contribution in [-0.2, 0) is 6.54 Å². The van der Waals surface area contributed by atoms with Gasteiger partial charge in [-0.05, 0) is 25.8 Å². The van der Waals surface area contributed by atoms with Gasteiger partial charge in [-0.25, -0.2) is 0 Å². The van der Waals surface area contributed by atoms with E-state index >= 15 is 0 Å². The lowest BCUT2D eigenvalue weighted by Gasteiger charge is -2.24. The molecule has 2 atom stereocenters. The van der Waals surface area contributed by atoms with Crippen molar-refractivity contribution in [1.82, 2.24) is 10.3 Å². The van der Waals surface area contributed by atoms with Gasteiger partial charge in [-0.3, -0.25) is 4.79 Å². The Hall–Kier alpha value is -1.88. The zero-order valence-electron chi connectivity index (χ0n) is 13.3. The number of rotatable bonds is 6. The lowest BCUT2D eigenvalue weighted by atomic mass is 10.1. The number of aromatic amines is 1. The zero-order chi connectivity index (χ0) is 15.5. The smallest absolute Gasteiger partial charge is 0.247 e. The predicted octanol–water partition coefficient (Wildman–Crippen LogP) is 2.19. The minimum absolute atomic E-state index is 0.0737. The molecule has 0 amide bonds. The fourth-order valence-corrected chi connectivity index (χ4v) is 2.24. The van der Waals surface area contributed by atoms with Crippen LogP contribution in [0.15, 0.2) is 40.1 Å². The molecule has 0 saturated carbocycles. The summed E-state index contributed by atoms with van der Waals surface area (Å²) in [6.45, 7) is 10.3. The molecule has 5 nitrogen and oxygen atoms in total. The van der Waals surface area contributed by atoms with Crippen molar-refractivity contribution in [3.05, 3.63) is 46.1 Å². The van der Waals surface area contributed by atoms with Crippen LogP contribution in [0.5, 0.6) is 0 Å². The van der Waals surface area contributed by atoms with Crippen LogP contribution in [0.2, 0.25) is 0 Å². The highest BCUT2D eigenvalue weighted by atomic mass is 16.1. The number of hydrogen-bond donors (Lipinski definition) is 2. The number of allylic oxidation sites excluding steroid dienone is 1. The van der Waals surface area contributed by atoms with Crippen molar-refractivity contribution in [3.8, 4) is 0 Å². The Morgan fingerprint density at radius 1 is 1.33 bits per heavy atom. The Kier molecular flexibility index (Phi) is 4.63. The van der Waals surface area contributed by atoms with Crippen LogP contribution in [0.1, 0.15) is 33.3 Å². The van der Waals surface area contributed by atoms with Gasteiger partial charge in [0.05, 0.1) is 0 Å². The quantitative estimate of drug-likeness (QED) is 0.789. The maximum absolute atomic E-state index is 11.1. The van der Waals surface area contributed by atoms with Crippen molar-refractivity contribution in [2.75, 3.05) is 6.54 Å². The molecule has 0 fully saturated rings. The second-order valence-corrected chi connectivity index (χ2v) is 6.03. The summed E-state index contributed by atoms with van der Waals surface area (Å²) in [5.74, 6) is 0.572. The second kappa shape index (κ2) is 6.26. The summed E-state index contributed by atoms with van der Waals surface area (Å²) in [5.41, 5.74) is 2.07. The topological polar surface area (TPSA) is 57.2 Å². The monoisotopic (exact) mass is 289 g/mol. The molecule has 0 bridgehead atoms. The molecule has 1 aromatic heterocycles. The maximum atomic E-state index is 11.1. The third kappa shape index (κ3) is 3.82. The number of nitrogens with one attached hydrogen (secondary N) is 2. The van der Waals surface area contributed by atoms with E-state index in [0.29, 0.717) is 16.6 Å². The summed E-state index contributed by atoms with van der Waals surface area (Å²) < 4.78 is 0.527. The molecular formula is C16H25N4O+. The van der Waals surface area contributed by atoms with Crippen LogP contribution < -0.4 is 10.9 Å². The highest BCUT2D eigenvalue weighted by Gasteiger charge is 2.29. The van der Waals surface area contributed by atoms with E-state index in [-0.39, 0.29) is 5.56 Å². The summed E-state index contributed by atoms with van der Waals surface area (Å²) >= 11 is 0. The summed E-state index contributed by atoms with van der Waals surface area (Å²) in [6.07, 6.45) is 5.83. The molecule has 1 aliphatic rings. The van der Waals surface area contributed by atoms with Crippen LogP contribution in [0.4, 0.5) is 0 Å². The van der Waals surface area contributed by atoms with Crippen molar-refractivity contribution in [3.63, 3.8) is 0 Å². The first-order valence-electron chi connectivity index (χ1n) is 7.53. The summed E-state index contributed by atoms with van der Waals surface area (Å²) in [7, 11) is 0. The molecule has 21 heavy (non-hydrogen) atoms. The van der Waals surface area contributed by atoms with E-state index in [1.807, 2.05) is 12.3 Å². The third-order valence-electron chi connectivity index (χ3n) is 4.05.